The molecule has 0 saturated carbocycles. The number of hydrogen-bond donors (Lipinski definition) is 0. The van der Waals surface area contributed by atoms with Crippen molar-refractivity contribution in [2.24, 2.45) is 0 Å². The number of rotatable bonds is 1. The molecule has 0 fully saturated rings. The van der Waals surface area contributed by atoms with E-state index in [2.05, 4.69) is 11.1 Å². The Hall–Kier alpha value is -1.44. The van der Waals surface area contributed by atoms with Crippen LogP contribution in [0.3, 0.4) is 0 Å². The lowest BCUT2D eigenvalue weighted by Crippen LogP contribution is -1.91. The van der Waals surface area contributed by atoms with Gasteiger partial charge in [-0.1, -0.05) is 0 Å². The second kappa shape index (κ2) is 4.39. The molecule has 1 aromatic heterocycles. The molecule has 1 aliphatic rings. The van der Waals surface area contributed by atoms with Crippen LogP contribution in [0.1, 0.15) is 36.8 Å². The second-order valence-electron chi connectivity index (χ2n) is 4.09. The molecule has 0 N–H and O–H groups in total. The minimum Gasteiger partial charge on any atom is -0.295 e. The van der Waals surface area contributed by atoms with E-state index in [1.54, 1.807) is 6.08 Å². The van der Waals surface area contributed by atoms with Gasteiger partial charge in [0.25, 0.3) is 0 Å². The van der Waals surface area contributed by atoms with Gasteiger partial charge < -0.3 is 0 Å². The first-order valence-electron chi connectivity index (χ1n) is 5.41. The summed E-state index contributed by atoms with van der Waals surface area (Å²) < 4.78 is 0. The molecule has 2 heteroatoms. The number of carbonyl (C=O) groups is 1. The summed E-state index contributed by atoms with van der Waals surface area (Å²) in [5.41, 5.74) is 3.39. The van der Waals surface area contributed by atoms with E-state index in [9.17, 15) is 4.79 Å². The molecule has 2 nitrogen and oxygen atoms in total. The summed E-state index contributed by atoms with van der Waals surface area (Å²) in [5.74, 6) is 0.254. The lowest BCUT2D eigenvalue weighted by molar-refractivity contribution is -0.114. The van der Waals surface area contributed by atoms with Crippen molar-refractivity contribution in [2.45, 2.75) is 32.6 Å². The Kier molecular flexibility index (Phi) is 2.95. The number of nitrogens with zero attached hydrogens (tertiary/aromatic N) is 1. The first-order chi connectivity index (χ1) is 7.25. The van der Waals surface area contributed by atoms with E-state index in [0.717, 1.165) is 36.0 Å². The molecule has 0 aliphatic heterocycles. The van der Waals surface area contributed by atoms with Gasteiger partial charge in [-0.15, -0.1) is 0 Å². The van der Waals surface area contributed by atoms with E-state index < -0.39 is 0 Å². The zero-order chi connectivity index (χ0) is 10.7. The minimum absolute atomic E-state index is 0.254. The highest BCUT2D eigenvalue weighted by molar-refractivity contribution is 5.97. The van der Waals surface area contributed by atoms with Crippen LogP contribution in [-0.2, 0) is 4.79 Å². The third-order valence-electron chi connectivity index (χ3n) is 2.70. The zero-order valence-corrected chi connectivity index (χ0v) is 8.99. The van der Waals surface area contributed by atoms with Crippen LogP contribution in [0, 0.1) is 6.92 Å². The van der Waals surface area contributed by atoms with E-state index in [1.807, 2.05) is 19.3 Å². The standard InChI is InChI=1S/C13H15NO/c1-10-6-12(9-14-8-10)11-4-2-3-5-13(15)7-11/h6-9H,2-5H2,1H3. The molecular weight excluding hydrogens is 186 g/mol. The third kappa shape index (κ3) is 2.52. The highest BCUT2D eigenvalue weighted by Gasteiger charge is 2.10. The fraction of sp³-hybridized carbons (Fsp3) is 0.385. The molecule has 0 atom stereocenters. The second-order valence-corrected chi connectivity index (χ2v) is 4.09. The molecule has 78 valence electrons. The predicted octanol–water partition coefficient (Wildman–Crippen LogP) is 2.92. The van der Waals surface area contributed by atoms with Crippen molar-refractivity contribution in [1.29, 1.82) is 0 Å². The van der Waals surface area contributed by atoms with Crippen molar-refractivity contribution in [2.75, 3.05) is 0 Å². The number of aromatic nitrogens is 1. The lowest BCUT2D eigenvalue weighted by Gasteiger charge is -2.04. The highest BCUT2D eigenvalue weighted by atomic mass is 16.1. The van der Waals surface area contributed by atoms with Crippen molar-refractivity contribution >= 4 is 11.4 Å². The topological polar surface area (TPSA) is 30.0 Å². The summed E-state index contributed by atoms with van der Waals surface area (Å²) in [6, 6.07) is 2.09. The molecule has 1 aliphatic carbocycles. The fourth-order valence-corrected chi connectivity index (χ4v) is 1.91. The molecule has 0 unspecified atom stereocenters. The van der Waals surface area contributed by atoms with Crippen molar-refractivity contribution < 1.29 is 4.79 Å². The van der Waals surface area contributed by atoms with E-state index in [4.69, 9.17) is 0 Å². The Morgan fingerprint density at radius 2 is 2.00 bits per heavy atom. The first kappa shape index (κ1) is 10.1. The van der Waals surface area contributed by atoms with Gasteiger partial charge >= 0.3 is 0 Å². The van der Waals surface area contributed by atoms with Crippen molar-refractivity contribution in [1.82, 2.24) is 4.98 Å². The lowest BCUT2D eigenvalue weighted by atomic mass is 10.0. The van der Waals surface area contributed by atoms with Crippen LogP contribution in [0.4, 0.5) is 0 Å². The maximum absolute atomic E-state index is 11.5. The molecular formula is C13H15NO. The van der Waals surface area contributed by atoms with Gasteiger partial charge in [0.1, 0.15) is 0 Å². The van der Waals surface area contributed by atoms with E-state index in [1.165, 1.54) is 0 Å². The maximum Gasteiger partial charge on any atom is 0.155 e. The van der Waals surface area contributed by atoms with Gasteiger partial charge in [-0.3, -0.25) is 9.78 Å². The maximum atomic E-state index is 11.5. The van der Waals surface area contributed by atoms with Crippen molar-refractivity contribution in [3.8, 4) is 0 Å². The van der Waals surface area contributed by atoms with Gasteiger partial charge in [-0.25, -0.2) is 0 Å². The molecule has 1 heterocycles. The predicted molar refractivity (Wildman–Crippen MR) is 60.4 cm³/mol. The summed E-state index contributed by atoms with van der Waals surface area (Å²) in [5, 5.41) is 0. The molecule has 0 amide bonds. The molecule has 1 aromatic rings. The van der Waals surface area contributed by atoms with Crippen LogP contribution >= 0.6 is 0 Å². The van der Waals surface area contributed by atoms with Crippen LogP contribution < -0.4 is 0 Å². The van der Waals surface area contributed by atoms with Gasteiger partial charge in [-0.2, -0.15) is 0 Å². The van der Waals surface area contributed by atoms with Gasteiger partial charge in [0, 0.05) is 18.8 Å². The number of pyridine rings is 1. The number of hydrogen-bond acceptors (Lipinski definition) is 2. The number of ketones is 1. The average molecular weight is 201 g/mol. The number of aryl methyl sites for hydroxylation is 1. The average Bonchev–Trinajstić information content (AvgIpc) is 2.43. The normalized spacial score (nSPS) is 17.1. The van der Waals surface area contributed by atoms with Crippen LogP contribution in [0.25, 0.3) is 5.57 Å². The third-order valence-corrected chi connectivity index (χ3v) is 2.70. The summed E-state index contributed by atoms with van der Waals surface area (Å²) >= 11 is 0. The molecule has 0 radical (unpaired) electrons. The van der Waals surface area contributed by atoms with Crippen LogP contribution in [0.5, 0.6) is 0 Å². The molecule has 15 heavy (non-hydrogen) atoms. The summed E-state index contributed by atoms with van der Waals surface area (Å²) in [4.78, 5) is 15.6. The summed E-state index contributed by atoms with van der Waals surface area (Å²) in [6.45, 7) is 2.02. The molecule has 0 spiro atoms. The largest absolute Gasteiger partial charge is 0.295 e. The Balaban J connectivity index is 2.32. The van der Waals surface area contributed by atoms with Crippen molar-refractivity contribution in [3.05, 3.63) is 35.7 Å². The fourth-order valence-electron chi connectivity index (χ4n) is 1.91. The van der Waals surface area contributed by atoms with Crippen molar-refractivity contribution in [3.63, 3.8) is 0 Å². The first-order valence-corrected chi connectivity index (χ1v) is 5.41. The Morgan fingerprint density at radius 3 is 2.80 bits per heavy atom. The van der Waals surface area contributed by atoms with Gasteiger partial charge in [0.05, 0.1) is 0 Å². The minimum atomic E-state index is 0.254. The quantitative estimate of drug-likeness (QED) is 0.699. The zero-order valence-electron chi connectivity index (χ0n) is 8.99. The van der Waals surface area contributed by atoms with Gasteiger partial charge in [0.15, 0.2) is 5.78 Å². The van der Waals surface area contributed by atoms with Gasteiger partial charge in [0.2, 0.25) is 0 Å². The monoisotopic (exact) mass is 201 g/mol. The van der Waals surface area contributed by atoms with E-state index >= 15 is 0 Å². The van der Waals surface area contributed by atoms with Gasteiger partial charge in [-0.05, 0) is 55.0 Å². The Bertz CT molecular complexity index is 407. The summed E-state index contributed by atoms with van der Waals surface area (Å²) in [6.07, 6.45) is 9.28. The summed E-state index contributed by atoms with van der Waals surface area (Å²) in [7, 11) is 0. The number of carbonyl (C=O) groups excluding carboxylic acids is 1. The highest BCUT2D eigenvalue weighted by Crippen LogP contribution is 2.24. The number of allylic oxidation sites excluding steroid dienone is 2. The Morgan fingerprint density at radius 1 is 1.20 bits per heavy atom. The molecule has 2 rings (SSSR count). The van der Waals surface area contributed by atoms with Crippen LogP contribution in [0.2, 0.25) is 0 Å². The molecule has 0 saturated heterocycles. The smallest absolute Gasteiger partial charge is 0.155 e. The van der Waals surface area contributed by atoms with E-state index in [0.29, 0.717) is 6.42 Å². The molecule has 0 bridgehead atoms. The van der Waals surface area contributed by atoms with E-state index in [-0.39, 0.29) is 5.78 Å². The van der Waals surface area contributed by atoms with Crippen LogP contribution in [-0.4, -0.2) is 10.8 Å². The molecule has 0 aromatic carbocycles. The SMILES string of the molecule is Cc1cncc(C2=CC(=O)CCCC2)c1. The van der Waals surface area contributed by atoms with Crippen LogP contribution in [0.15, 0.2) is 24.5 Å². The Labute approximate surface area is 90.0 Å².